The number of hydrogen-bond acceptors (Lipinski definition) is 7. The van der Waals surface area contributed by atoms with E-state index in [0.717, 1.165) is 53.8 Å². The maximum Gasteiger partial charge on any atom is 0.331 e. The van der Waals surface area contributed by atoms with E-state index in [4.69, 9.17) is 4.84 Å². The quantitative estimate of drug-likeness (QED) is 0.0537. The van der Waals surface area contributed by atoms with Crippen LogP contribution in [0.3, 0.4) is 0 Å². The molecule has 8 heteroatoms. The molecule has 0 amide bonds. The highest BCUT2D eigenvalue weighted by molar-refractivity contribution is 7.24. The summed E-state index contributed by atoms with van der Waals surface area (Å²) in [7, 11) is 0. The van der Waals surface area contributed by atoms with Crippen LogP contribution < -0.4 is 5.43 Å². The number of benzene rings is 4. The Morgan fingerprint density at radius 2 is 1.60 bits per heavy atom. The van der Waals surface area contributed by atoms with E-state index in [1.54, 1.807) is 17.4 Å². The molecule has 0 unspecified atom stereocenters. The van der Waals surface area contributed by atoms with Gasteiger partial charge in [0, 0.05) is 78.0 Å². The normalized spacial score (nSPS) is 12.1. The van der Waals surface area contributed by atoms with Crippen molar-refractivity contribution >= 4 is 82.1 Å². The second-order valence-corrected chi connectivity index (χ2v) is 14.1. The number of fused-ring (bicyclic) bond motifs is 5. The minimum atomic E-state index is -0.482. The zero-order valence-electron chi connectivity index (χ0n) is 26.5. The summed E-state index contributed by atoms with van der Waals surface area (Å²) in [6.45, 7) is 8.39. The fourth-order valence-corrected chi connectivity index (χ4v) is 8.07. The number of aryl methyl sites for hydroxylation is 1. The van der Waals surface area contributed by atoms with Crippen LogP contribution in [0.15, 0.2) is 100 Å². The highest BCUT2D eigenvalue weighted by Crippen LogP contribution is 2.34. The van der Waals surface area contributed by atoms with Crippen molar-refractivity contribution in [1.29, 1.82) is 0 Å². The largest absolute Gasteiger partial charge is 0.341 e. The molecule has 0 aliphatic heterocycles. The zero-order chi connectivity index (χ0) is 32.8. The van der Waals surface area contributed by atoms with E-state index in [1.165, 1.54) is 18.3 Å². The summed E-state index contributed by atoms with van der Waals surface area (Å²) in [5.74, 6) is -0.387. The molecule has 6 nitrogen and oxygen atoms in total. The molecule has 0 aliphatic rings. The SMILES string of the molecule is CCn1c2ccc(C(=O)c3cccc4sc5ccc(C(C)C)cc5c(=O)c34)cc2c2cc(C(Cc3cccs3)=NOC(C)=O)ccc21. The van der Waals surface area contributed by atoms with E-state index in [1.807, 2.05) is 66.0 Å². The van der Waals surface area contributed by atoms with Crippen molar-refractivity contribution in [2.75, 3.05) is 0 Å². The highest BCUT2D eigenvalue weighted by atomic mass is 32.1. The lowest BCUT2D eigenvalue weighted by Gasteiger charge is -2.10. The molecule has 0 N–H and O–H groups in total. The summed E-state index contributed by atoms with van der Waals surface area (Å²) in [5, 5.41) is 9.24. The third kappa shape index (κ3) is 5.58. The van der Waals surface area contributed by atoms with Gasteiger partial charge in [-0.15, -0.1) is 22.7 Å². The minimum Gasteiger partial charge on any atom is -0.341 e. The van der Waals surface area contributed by atoms with Crippen molar-refractivity contribution in [3.05, 3.63) is 128 Å². The highest BCUT2D eigenvalue weighted by Gasteiger charge is 2.20. The number of nitrogens with zero attached hydrogens (tertiary/aromatic N) is 2. The van der Waals surface area contributed by atoms with Crippen molar-refractivity contribution < 1.29 is 14.4 Å². The first-order valence-electron chi connectivity index (χ1n) is 15.6. The molecule has 3 aromatic heterocycles. The Morgan fingerprint density at radius 1 is 0.851 bits per heavy atom. The Kier molecular flexibility index (Phi) is 8.08. The van der Waals surface area contributed by atoms with Crippen LogP contribution in [-0.2, 0) is 22.6 Å². The summed E-state index contributed by atoms with van der Waals surface area (Å²) in [4.78, 5) is 46.1. The molecule has 0 bridgehead atoms. The van der Waals surface area contributed by atoms with Gasteiger partial charge in [-0.05, 0) is 78.4 Å². The average molecular weight is 657 g/mol. The maximum absolute atomic E-state index is 14.3. The van der Waals surface area contributed by atoms with Gasteiger partial charge in [-0.1, -0.05) is 49.3 Å². The first-order valence-corrected chi connectivity index (χ1v) is 17.3. The van der Waals surface area contributed by atoms with E-state index in [-0.39, 0.29) is 17.1 Å². The second kappa shape index (κ2) is 12.4. The third-order valence-electron chi connectivity index (χ3n) is 8.62. The second-order valence-electron chi connectivity index (χ2n) is 11.9. The van der Waals surface area contributed by atoms with Gasteiger partial charge in [-0.2, -0.15) is 0 Å². The molecule has 234 valence electrons. The van der Waals surface area contributed by atoms with Crippen LogP contribution >= 0.6 is 22.7 Å². The minimum absolute atomic E-state index is 0.112. The van der Waals surface area contributed by atoms with Gasteiger partial charge < -0.3 is 9.40 Å². The number of carbonyl (C=O) groups is 2. The molecule has 7 rings (SSSR count). The van der Waals surface area contributed by atoms with Crippen LogP contribution in [0.2, 0.25) is 0 Å². The van der Waals surface area contributed by atoms with Crippen molar-refractivity contribution in [1.82, 2.24) is 4.57 Å². The summed E-state index contributed by atoms with van der Waals surface area (Å²) < 4.78 is 3.93. The summed E-state index contributed by atoms with van der Waals surface area (Å²) in [5.41, 5.74) is 5.41. The van der Waals surface area contributed by atoms with Gasteiger partial charge in [0.15, 0.2) is 11.2 Å². The van der Waals surface area contributed by atoms with Crippen LogP contribution in [-0.4, -0.2) is 22.0 Å². The van der Waals surface area contributed by atoms with Crippen LogP contribution in [0, 0.1) is 0 Å². The van der Waals surface area contributed by atoms with E-state index >= 15 is 0 Å². The van der Waals surface area contributed by atoms with E-state index in [9.17, 15) is 14.4 Å². The number of thiophene rings is 1. The number of hydrogen-bond donors (Lipinski definition) is 0. The van der Waals surface area contributed by atoms with Gasteiger partial charge in [0.1, 0.15) is 0 Å². The molecule has 0 saturated carbocycles. The Hall–Kier alpha value is -4.92. The standard InChI is InChI=1S/C39H32N2O4S2/c1-5-41-33-14-11-25(32(40-45-23(4)42)21-27-8-7-17-46-27)19-29(33)30-20-26(12-15-34(30)41)38(43)28-9-6-10-36-37(28)39(44)31-18-24(22(2)3)13-16-35(31)47-36/h6-20,22H,5,21H2,1-4H3. The molecule has 0 aliphatic carbocycles. The molecule has 7 aromatic rings. The Balaban J connectivity index is 1.38. The van der Waals surface area contributed by atoms with Gasteiger partial charge in [-0.25, -0.2) is 4.79 Å². The number of oxime groups is 1. The van der Waals surface area contributed by atoms with Gasteiger partial charge >= 0.3 is 5.97 Å². The lowest BCUT2D eigenvalue weighted by molar-refractivity contribution is -0.140. The predicted octanol–water partition coefficient (Wildman–Crippen LogP) is 9.47. The van der Waals surface area contributed by atoms with Gasteiger partial charge in [-0.3, -0.25) is 9.59 Å². The number of ketones is 1. The van der Waals surface area contributed by atoms with E-state index in [0.29, 0.717) is 34.0 Å². The van der Waals surface area contributed by atoms with Gasteiger partial charge in [0.2, 0.25) is 0 Å². The third-order valence-corrected chi connectivity index (χ3v) is 10.6. The predicted molar refractivity (Wildman–Crippen MR) is 195 cm³/mol. The fourth-order valence-electron chi connectivity index (χ4n) is 6.27. The van der Waals surface area contributed by atoms with Crippen LogP contribution in [0.25, 0.3) is 42.0 Å². The molecular formula is C39H32N2O4S2. The van der Waals surface area contributed by atoms with Crippen LogP contribution in [0.4, 0.5) is 0 Å². The van der Waals surface area contributed by atoms with Gasteiger partial charge in [0.25, 0.3) is 0 Å². The first-order chi connectivity index (χ1) is 22.7. The maximum atomic E-state index is 14.3. The monoisotopic (exact) mass is 656 g/mol. The number of rotatable bonds is 8. The molecule has 47 heavy (non-hydrogen) atoms. The van der Waals surface area contributed by atoms with Crippen molar-refractivity contribution in [3.8, 4) is 0 Å². The van der Waals surface area contributed by atoms with Crippen molar-refractivity contribution in [2.24, 2.45) is 5.16 Å². The van der Waals surface area contributed by atoms with Crippen LogP contribution in [0.1, 0.15) is 65.5 Å². The molecule has 0 atom stereocenters. The molecular weight excluding hydrogens is 625 g/mol. The zero-order valence-corrected chi connectivity index (χ0v) is 28.1. The molecule has 0 radical (unpaired) electrons. The lowest BCUT2D eigenvalue weighted by Crippen LogP contribution is -2.10. The Morgan fingerprint density at radius 3 is 2.28 bits per heavy atom. The summed E-state index contributed by atoms with van der Waals surface area (Å²) in [6, 6.07) is 27.5. The van der Waals surface area contributed by atoms with Gasteiger partial charge in [0.05, 0.1) is 11.1 Å². The van der Waals surface area contributed by atoms with E-state index in [2.05, 4.69) is 48.7 Å². The van der Waals surface area contributed by atoms with E-state index < -0.39 is 5.97 Å². The molecule has 0 fully saturated rings. The summed E-state index contributed by atoms with van der Waals surface area (Å²) >= 11 is 3.15. The van der Waals surface area contributed by atoms with Crippen molar-refractivity contribution in [2.45, 2.75) is 46.6 Å². The molecule has 4 aromatic carbocycles. The number of carbonyl (C=O) groups excluding carboxylic acids is 2. The Bertz CT molecular complexity index is 2450. The lowest BCUT2D eigenvalue weighted by atomic mass is 9.96. The molecule has 3 heterocycles. The van der Waals surface area contributed by atoms with Crippen molar-refractivity contribution in [3.63, 3.8) is 0 Å². The topological polar surface area (TPSA) is 77.7 Å². The number of aromatic nitrogens is 1. The molecule has 0 saturated heterocycles. The van der Waals surface area contributed by atoms with Crippen LogP contribution in [0.5, 0.6) is 0 Å². The first kappa shape index (κ1) is 30.7. The summed E-state index contributed by atoms with van der Waals surface area (Å²) in [6.07, 6.45) is 0.513. The molecule has 0 spiro atoms. The Labute approximate surface area is 279 Å². The fraction of sp³-hybridized carbons (Fsp3) is 0.179. The smallest absolute Gasteiger partial charge is 0.331 e. The average Bonchev–Trinajstić information content (AvgIpc) is 3.70.